The summed E-state index contributed by atoms with van der Waals surface area (Å²) in [7, 11) is -1.03. The Hall–Kier alpha value is -2.30. The van der Waals surface area contributed by atoms with E-state index in [0.29, 0.717) is 11.3 Å². The highest BCUT2D eigenvalue weighted by atomic mass is 31.1. The van der Waals surface area contributed by atoms with Crippen molar-refractivity contribution in [3.63, 3.8) is 0 Å². The first kappa shape index (κ1) is 20.6. The van der Waals surface area contributed by atoms with Crippen LogP contribution < -0.4 is 21.2 Å². The van der Waals surface area contributed by atoms with Crippen LogP contribution in [0.15, 0.2) is 121 Å². The van der Waals surface area contributed by atoms with Crippen LogP contribution in [-0.4, -0.2) is 24.5 Å². The Labute approximate surface area is 187 Å². The largest absolute Gasteiger partial charge is 0.380 e. The first-order valence-corrected chi connectivity index (χ1v) is 13.6. The maximum atomic E-state index is 6.25. The molecule has 0 saturated carbocycles. The summed E-state index contributed by atoms with van der Waals surface area (Å²) in [6.07, 6.45) is 0. The zero-order valence-electron chi connectivity index (χ0n) is 17.4. The lowest BCUT2D eigenvalue weighted by Crippen LogP contribution is -2.34. The van der Waals surface area contributed by atoms with Gasteiger partial charge in [0, 0.05) is 11.3 Å². The molecule has 1 aliphatic rings. The minimum absolute atomic E-state index is 0.492. The zero-order valence-corrected chi connectivity index (χ0v) is 19.2. The number of hydrogen-bond donors (Lipinski definition) is 0. The van der Waals surface area contributed by atoms with Crippen molar-refractivity contribution in [2.75, 3.05) is 13.2 Å². The third-order valence-corrected chi connectivity index (χ3v) is 11.8. The van der Waals surface area contributed by atoms with Gasteiger partial charge in [0.1, 0.15) is 0 Å². The molecule has 0 bridgehead atoms. The molecule has 31 heavy (non-hydrogen) atoms. The smallest absolute Gasteiger partial charge is 0.0547 e. The number of ether oxygens (including phenoxy) is 1. The second-order valence-corrected chi connectivity index (χ2v) is 12.6. The van der Waals surface area contributed by atoms with Crippen molar-refractivity contribution in [1.29, 1.82) is 0 Å². The van der Waals surface area contributed by atoms with Crippen LogP contribution >= 0.6 is 15.8 Å². The van der Waals surface area contributed by atoms with Gasteiger partial charge in [-0.25, -0.2) is 0 Å². The Morgan fingerprint density at radius 1 is 0.419 bits per heavy atom. The van der Waals surface area contributed by atoms with Crippen molar-refractivity contribution in [3.8, 4) is 0 Å². The molecular formula is C28H26OP2. The van der Waals surface area contributed by atoms with Crippen LogP contribution in [0.2, 0.25) is 0 Å². The fourth-order valence-corrected chi connectivity index (χ4v) is 10.7. The van der Waals surface area contributed by atoms with Gasteiger partial charge in [-0.2, -0.15) is 0 Å². The lowest BCUT2D eigenvalue weighted by Gasteiger charge is -2.34. The average Bonchev–Trinajstić information content (AvgIpc) is 3.31. The Morgan fingerprint density at radius 2 is 0.677 bits per heavy atom. The highest BCUT2D eigenvalue weighted by Gasteiger charge is 2.41. The second kappa shape index (κ2) is 9.88. The quantitative estimate of drug-likeness (QED) is 0.383. The maximum Gasteiger partial charge on any atom is 0.0547 e. The standard InChI is InChI=1S/C28H26OP2/c1-5-13-23(14-6-1)30(24-15-7-2-8-16-24)27-21-29-22-28(27)31(25-17-9-3-10-18-25)26-19-11-4-12-20-26/h1-20,27-28H,21-22H2/t27-,28-/m0/s1. The minimum Gasteiger partial charge on any atom is -0.380 e. The summed E-state index contributed by atoms with van der Waals surface area (Å²) in [5.74, 6) is 0. The van der Waals surface area contributed by atoms with E-state index in [4.69, 9.17) is 4.74 Å². The van der Waals surface area contributed by atoms with Gasteiger partial charge in [0.2, 0.25) is 0 Å². The zero-order chi connectivity index (χ0) is 20.9. The average molecular weight is 440 g/mol. The summed E-state index contributed by atoms with van der Waals surface area (Å²) in [6, 6.07) is 44.3. The molecule has 0 radical (unpaired) electrons. The molecule has 4 aromatic carbocycles. The molecule has 1 saturated heterocycles. The van der Waals surface area contributed by atoms with E-state index in [2.05, 4.69) is 121 Å². The molecule has 4 aromatic rings. The van der Waals surface area contributed by atoms with Crippen LogP contribution in [0.3, 0.4) is 0 Å². The van der Waals surface area contributed by atoms with Crippen LogP contribution in [0.4, 0.5) is 0 Å². The second-order valence-electron chi connectivity index (χ2n) is 7.75. The number of rotatable bonds is 6. The van der Waals surface area contributed by atoms with Crippen molar-refractivity contribution in [2.45, 2.75) is 11.3 Å². The van der Waals surface area contributed by atoms with Crippen molar-refractivity contribution in [2.24, 2.45) is 0 Å². The van der Waals surface area contributed by atoms with Gasteiger partial charge in [-0.3, -0.25) is 0 Å². The Kier molecular flexibility index (Phi) is 6.57. The molecule has 0 N–H and O–H groups in total. The van der Waals surface area contributed by atoms with E-state index in [1.54, 1.807) is 0 Å². The molecule has 0 spiro atoms. The van der Waals surface area contributed by atoms with Gasteiger partial charge in [-0.15, -0.1) is 0 Å². The monoisotopic (exact) mass is 440 g/mol. The Bertz CT molecular complexity index is 903. The predicted octanol–water partition coefficient (Wildman–Crippen LogP) is 5.02. The van der Waals surface area contributed by atoms with E-state index < -0.39 is 15.8 Å². The predicted molar refractivity (Wildman–Crippen MR) is 137 cm³/mol. The summed E-state index contributed by atoms with van der Waals surface area (Å²) in [4.78, 5) is 0. The van der Waals surface area contributed by atoms with Gasteiger partial charge in [-0.1, -0.05) is 121 Å². The molecule has 0 aliphatic carbocycles. The van der Waals surface area contributed by atoms with Gasteiger partial charge in [-0.05, 0) is 37.1 Å². The molecular weight excluding hydrogens is 414 g/mol. The van der Waals surface area contributed by atoms with Crippen molar-refractivity contribution >= 4 is 37.1 Å². The van der Waals surface area contributed by atoms with E-state index >= 15 is 0 Å². The van der Waals surface area contributed by atoms with Gasteiger partial charge in [0.15, 0.2) is 0 Å². The van der Waals surface area contributed by atoms with E-state index in [1.807, 2.05) is 0 Å². The lowest BCUT2D eigenvalue weighted by molar-refractivity contribution is 0.199. The molecule has 0 aromatic heterocycles. The molecule has 0 unspecified atom stereocenters. The molecule has 1 nitrogen and oxygen atoms in total. The first-order valence-electron chi connectivity index (χ1n) is 10.8. The summed E-state index contributed by atoms with van der Waals surface area (Å²) < 4.78 is 6.25. The molecule has 3 heteroatoms. The van der Waals surface area contributed by atoms with E-state index in [-0.39, 0.29) is 0 Å². The third-order valence-electron chi connectivity index (χ3n) is 5.82. The number of hydrogen-bond acceptors (Lipinski definition) is 1. The maximum absolute atomic E-state index is 6.25. The normalized spacial score (nSPS) is 18.5. The molecule has 154 valence electrons. The molecule has 2 atom stereocenters. The van der Waals surface area contributed by atoms with Crippen LogP contribution in [0.5, 0.6) is 0 Å². The molecule has 1 fully saturated rings. The van der Waals surface area contributed by atoms with E-state index in [0.717, 1.165) is 13.2 Å². The van der Waals surface area contributed by atoms with Crippen LogP contribution in [0.25, 0.3) is 0 Å². The van der Waals surface area contributed by atoms with Crippen LogP contribution in [-0.2, 0) is 4.74 Å². The van der Waals surface area contributed by atoms with Crippen LogP contribution in [0.1, 0.15) is 0 Å². The molecule has 1 heterocycles. The molecule has 5 rings (SSSR count). The Morgan fingerprint density at radius 3 is 0.935 bits per heavy atom. The van der Waals surface area contributed by atoms with Crippen molar-refractivity contribution in [3.05, 3.63) is 121 Å². The van der Waals surface area contributed by atoms with Crippen molar-refractivity contribution in [1.82, 2.24) is 0 Å². The summed E-state index contributed by atoms with van der Waals surface area (Å²) in [6.45, 7) is 1.66. The first-order chi connectivity index (χ1) is 15.4. The SMILES string of the molecule is c1ccc(P(c2ccccc2)[C@H]2COC[C@@H]2P(c2ccccc2)c2ccccc2)cc1. The topological polar surface area (TPSA) is 9.23 Å². The highest BCUT2D eigenvalue weighted by molar-refractivity contribution is 7.77. The van der Waals surface area contributed by atoms with E-state index in [1.165, 1.54) is 21.2 Å². The lowest BCUT2D eigenvalue weighted by atomic mass is 10.3. The van der Waals surface area contributed by atoms with Gasteiger partial charge >= 0.3 is 0 Å². The number of benzene rings is 4. The third kappa shape index (κ3) is 4.51. The summed E-state index contributed by atoms with van der Waals surface area (Å²) in [5.41, 5.74) is 0.984. The van der Waals surface area contributed by atoms with Gasteiger partial charge in [0.25, 0.3) is 0 Å². The summed E-state index contributed by atoms with van der Waals surface area (Å²) in [5, 5.41) is 5.78. The van der Waals surface area contributed by atoms with Crippen molar-refractivity contribution < 1.29 is 4.74 Å². The van der Waals surface area contributed by atoms with Crippen LogP contribution in [0, 0.1) is 0 Å². The van der Waals surface area contributed by atoms with Gasteiger partial charge < -0.3 is 4.74 Å². The Balaban J connectivity index is 1.60. The van der Waals surface area contributed by atoms with Gasteiger partial charge in [0.05, 0.1) is 13.2 Å². The fourth-order valence-electron chi connectivity index (χ4n) is 4.44. The highest BCUT2D eigenvalue weighted by Crippen LogP contribution is 2.53. The minimum atomic E-state index is -0.513. The molecule has 1 aliphatic heterocycles. The fraction of sp³-hybridized carbons (Fsp3) is 0.143. The molecule has 0 amide bonds. The summed E-state index contributed by atoms with van der Waals surface area (Å²) >= 11 is 0. The van der Waals surface area contributed by atoms with E-state index in [9.17, 15) is 0 Å².